The minimum atomic E-state index is 0.581. The van der Waals surface area contributed by atoms with Crippen molar-refractivity contribution in [2.45, 2.75) is 19.8 Å². The number of hydrogen-bond acceptors (Lipinski definition) is 2. The molecule has 3 heteroatoms. The van der Waals surface area contributed by atoms with E-state index in [1.54, 1.807) is 0 Å². The molecule has 0 aliphatic heterocycles. The number of halogens is 1. The topological polar surface area (TPSA) is 38.9 Å². The molecule has 2 nitrogen and oxygen atoms in total. The maximum atomic E-state index is 5.87. The fourth-order valence-corrected chi connectivity index (χ4v) is 1.27. The molecule has 1 aromatic rings. The Labute approximate surface area is 77.8 Å². The second-order valence-electron chi connectivity index (χ2n) is 2.69. The van der Waals surface area contributed by atoms with Crippen LogP contribution in [0.1, 0.15) is 18.1 Å². The second kappa shape index (κ2) is 4.43. The van der Waals surface area contributed by atoms with Gasteiger partial charge in [-0.15, -0.1) is 0 Å². The van der Waals surface area contributed by atoms with Crippen LogP contribution >= 0.6 is 11.6 Å². The third-order valence-corrected chi connectivity index (χ3v) is 2.13. The van der Waals surface area contributed by atoms with E-state index in [4.69, 9.17) is 17.3 Å². The Morgan fingerprint density at radius 2 is 2.33 bits per heavy atom. The van der Waals surface area contributed by atoms with Crippen LogP contribution in [0.2, 0.25) is 5.15 Å². The molecule has 0 bridgehead atoms. The summed E-state index contributed by atoms with van der Waals surface area (Å²) in [4.78, 5) is 4.08. The SMILES string of the molecule is CCc1cnc(Cl)c(CCN)c1. The molecule has 0 fully saturated rings. The lowest BCUT2D eigenvalue weighted by molar-refractivity contribution is 0.948. The zero-order valence-electron chi connectivity index (χ0n) is 7.18. The highest BCUT2D eigenvalue weighted by Crippen LogP contribution is 2.14. The molecule has 0 radical (unpaired) electrons. The number of aryl methyl sites for hydroxylation is 1. The van der Waals surface area contributed by atoms with E-state index in [0.29, 0.717) is 11.7 Å². The number of rotatable bonds is 3. The van der Waals surface area contributed by atoms with Gasteiger partial charge in [0, 0.05) is 6.20 Å². The summed E-state index contributed by atoms with van der Waals surface area (Å²) in [5.41, 5.74) is 7.70. The van der Waals surface area contributed by atoms with Gasteiger partial charge in [-0.2, -0.15) is 0 Å². The molecule has 0 unspecified atom stereocenters. The van der Waals surface area contributed by atoms with Gasteiger partial charge in [-0.25, -0.2) is 4.98 Å². The highest BCUT2D eigenvalue weighted by atomic mass is 35.5. The van der Waals surface area contributed by atoms with Crippen molar-refractivity contribution in [2.75, 3.05) is 6.54 Å². The third kappa shape index (κ3) is 2.19. The van der Waals surface area contributed by atoms with Crippen LogP contribution in [0.25, 0.3) is 0 Å². The molecule has 12 heavy (non-hydrogen) atoms. The molecule has 0 aliphatic rings. The second-order valence-corrected chi connectivity index (χ2v) is 3.04. The fourth-order valence-electron chi connectivity index (χ4n) is 1.07. The Hall–Kier alpha value is -0.600. The minimum Gasteiger partial charge on any atom is -0.330 e. The molecule has 0 saturated carbocycles. The van der Waals surface area contributed by atoms with Crippen molar-refractivity contribution in [3.63, 3.8) is 0 Å². The van der Waals surface area contributed by atoms with Crippen molar-refractivity contribution in [3.8, 4) is 0 Å². The van der Waals surface area contributed by atoms with Gasteiger partial charge < -0.3 is 5.73 Å². The molecule has 0 amide bonds. The van der Waals surface area contributed by atoms with Crippen LogP contribution in [0.15, 0.2) is 12.3 Å². The maximum Gasteiger partial charge on any atom is 0.132 e. The van der Waals surface area contributed by atoms with Crippen LogP contribution in [0.3, 0.4) is 0 Å². The van der Waals surface area contributed by atoms with E-state index in [1.807, 2.05) is 6.20 Å². The molecule has 0 aliphatic carbocycles. The van der Waals surface area contributed by atoms with Crippen LogP contribution < -0.4 is 5.73 Å². The monoisotopic (exact) mass is 184 g/mol. The number of pyridine rings is 1. The molecule has 2 N–H and O–H groups in total. The smallest absolute Gasteiger partial charge is 0.132 e. The Balaban J connectivity index is 2.91. The molecule has 0 spiro atoms. The van der Waals surface area contributed by atoms with Gasteiger partial charge in [-0.1, -0.05) is 24.6 Å². The fraction of sp³-hybridized carbons (Fsp3) is 0.444. The van der Waals surface area contributed by atoms with Crippen molar-refractivity contribution in [1.82, 2.24) is 4.98 Å². The highest BCUT2D eigenvalue weighted by Gasteiger charge is 2.00. The van der Waals surface area contributed by atoms with Gasteiger partial charge in [0.05, 0.1) is 0 Å². The van der Waals surface area contributed by atoms with E-state index >= 15 is 0 Å². The quantitative estimate of drug-likeness (QED) is 0.728. The predicted octanol–water partition coefficient (Wildman–Crippen LogP) is 1.80. The molecular formula is C9H13ClN2. The summed E-state index contributed by atoms with van der Waals surface area (Å²) >= 11 is 5.87. The summed E-state index contributed by atoms with van der Waals surface area (Å²) < 4.78 is 0. The molecule has 0 atom stereocenters. The lowest BCUT2D eigenvalue weighted by atomic mass is 10.1. The zero-order chi connectivity index (χ0) is 8.97. The molecule has 1 aromatic heterocycles. The molecule has 0 aromatic carbocycles. The first-order chi connectivity index (χ1) is 5.77. The standard InChI is InChI=1S/C9H13ClN2/c1-2-7-5-8(3-4-11)9(10)12-6-7/h5-6H,2-4,11H2,1H3. The zero-order valence-corrected chi connectivity index (χ0v) is 7.93. The van der Waals surface area contributed by atoms with Gasteiger partial charge in [0.25, 0.3) is 0 Å². The van der Waals surface area contributed by atoms with Crippen molar-refractivity contribution in [2.24, 2.45) is 5.73 Å². The van der Waals surface area contributed by atoms with Gasteiger partial charge >= 0.3 is 0 Å². The molecule has 0 saturated heterocycles. The first-order valence-corrected chi connectivity index (χ1v) is 4.49. The van der Waals surface area contributed by atoms with E-state index in [1.165, 1.54) is 5.56 Å². The van der Waals surface area contributed by atoms with Gasteiger partial charge in [0.2, 0.25) is 0 Å². The number of aromatic nitrogens is 1. The van der Waals surface area contributed by atoms with E-state index in [-0.39, 0.29) is 0 Å². The van der Waals surface area contributed by atoms with Crippen molar-refractivity contribution < 1.29 is 0 Å². The van der Waals surface area contributed by atoms with Crippen molar-refractivity contribution >= 4 is 11.6 Å². The van der Waals surface area contributed by atoms with Gasteiger partial charge in [0.15, 0.2) is 0 Å². The molecular weight excluding hydrogens is 172 g/mol. The van der Waals surface area contributed by atoms with E-state index < -0.39 is 0 Å². The van der Waals surface area contributed by atoms with Gasteiger partial charge in [-0.05, 0) is 30.5 Å². The Bertz CT molecular complexity index is 261. The summed E-state index contributed by atoms with van der Waals surface area (Å²) in [5.74, 6) is 0. The lowest BCUT2D eigenvalue weighted by Crippen LogP contribution is -2.04. The van der Waals surface area contributed by atoms with Crippen LogP contribution in [0.5, 0.6) is 0 Å². The Morgan fingerprint density at radius 3 is 2.92 bits per heavy atom. The van der Waals surface area contributed by atoms with Gasteiger partial charge in [-0.3, -0.25) is 0 Å². The number of nitrogens with zero attached hydrogens (tertiary/aromatic N) is 1. The third-order valence-electron chi connectivity index (χ3n) is 1.79. The number of nitrogens with two attached hydrogens (primary N) is 1. The van der Waals surface area contributed by atoms with Crippen molar-refractivity contribution in [1.29, 1.82) is 0 Å². The average molecular weight is 185 g/mol. The Kier molecular flexibility index (Phi) is 3.50. The predicted molar refractivity (Wildman–Crippen MR) is 51.4 cm³/mol. The van der Waals surface area contributed by atoms with Crippen LogP contribution in [-0.2, 0) is 12.8 Å². The summed E-state index contributed by atoms with van der Waals surface area (Å²) in [6, 6.07) is 2.07. The lowest BCUT2D eigenvalue weighted by Gasteiger charge is -2.03. The van der Waals surface area contributed by atoms with Crippen LogP contribution in [0.4, 0.5) is 0 Å². The van der Waals surface area contributed by atoms with Gasteiger partial charge in [0.1, 0.15) is 5.15 Å². The van der Waals surface area contributed by atoms with E-state index in [9.17, 15) is 0 Å². The average Bonchev–Trinajstić information content (AvgIpc) is 2.09. The summed E-state index contributed by atoms with van der Waals surface area (Å²) in [6.45, 7) is 2.71. The maximum absolute atomic E-state index is 5.87. The summed E-state index contributed by atoms with van der Waals surface area (Å²) in [6.07, 6.45) is 3.60. The minimum absolute atomic E-state index is 0.581. The van der Waals surface area contributed by atoms with Crippen LogP contribution in [-0.4, -0.2) is 11.5 Å². The summed E-state index contributed by atoms with van der Waals surface area (Å²) in [7, 11) is 0. The summed E-state index contributed by atoms with van der Waals surface area (Å²) in [5, 5.41) is 0.581. The van der Waals surface area contributed by atoms with Crippen molar-refractivity contribution in [3.05, 3.63) is 28.5 Å². The first-order valence-electron chi connectivity index (χ1n) is 4.11. The largest absolute Gasteiger partial charge is 0.330 e. The highest BCUT2D eigenvalue weighted by molar-refractivity contribution is 6.30. The molecule has 1 rings (SSSR count). The first kappa shape index (κ1) is 9.49. The van der Waals surface area contributed by atoms with E-state index in [2.05, 4.69) is 18.0 Å². The normalized spacial score (nSPS) is 10.2. The molecule has 66 valence electrons. The van der Waals surface area contributed by atoms with Crippen LogP contribution in [0, 0.1) is 0 Å². The number of hydrogen-bond donors (Lipinski definition) is 1. The Morgan fingerprint density at radius 1 is 1.58 bits per heavy atom. The van der Waals surface area contributed by atoms with E-state index in [0.717, 1.165) is 18.4 Å². The molecule has 1 heterocycles.